The van der Waals surface area contributed by atoms with E-state index in [0.29, 0.717) is 11.0 Å². The highest BCUT2D eigenvalue weighted by Gasteiger charge is 2.17. The van der Waals surface area contributed by atoms with Gasteiger partial charge in [0.2, 0.25) is 0 Å². The molecule has 9 nitrogen and oxygen atoms in total. The van der Waals surface area contributed by atoms with Gasteiger partial charge in [-0.1, -0.05) is 11.8 Å². The van der Waals surface area contributed by atoms with Crippen LogP contribution in [0.4, 0.5) is 0 Å². The van der Waals surface area contributed by atoms with Crippen LogP contribution in [0.5, 0.6) is 11.5 Å². The zero-order valence-electron chi connectivity index (χ0n) is 19.0. The van der Waals surface area contributed by atoms with E-state index in [1.165, 1.54) is 11.8 Å². The zero-order chi connectivity index (χ0) is 23.9. The average Bonchev–Trinajstić information content (AvgIpc) is 3.49. The Kier molecular flexibility index (Phi) is 7.28. The van der Waals surface area contributed by atoms with Gasteiger partial charge in [0.05, 0.1) is 31.9 Å². The summed E-state index contributed by atoms with van der Waals surface area (Å²) in [6.07, 6.45) is 3.51. The van der Waals surface area contributed by atoms with Crippen molar-refractivity contribution in [2.24, 2.45) is 12.1 Å². The molecular weight excluding hydrogens is 452 g/mol. The molecule has 0 saturated carbocycles. The Morgan fingerprint density at radius 1 is 1.03 bits per heavy atom. The van der Waals surface area contributed by atoms with Crippen LogP contribution in [0.1, 0.15) is 5.69 Å². The molecule has 0 aliphatic rings. The summed E-state index contributed by atoms with van der Waals surface area (Å²) in [5.41, 5.74) is 5.15. The maximum absolute atomic E-state index is 12.4. The number of nitrogens with one attached hydrogen (secondary N) is 1. The standard InChI is InChI=1S/C24H24N6O3S/c1-29-14-4-5-19(29)15-25-26-22(31)16-34-24-28-27-23(17-6-10-20(32-2)11-7-17)30(24)18-8-12-21(33-3)13-9-18/h4-15H,16H2,1-3H3,(H,26,31)/b25-15+. The maximum Gasteiger partial charge on any atom is 0.250 e. The first-order valence-corrected chi connectivity index (χ1v) is 11.4. The van der Waals surface area contributed by atoms with Crippen LogP contribution < -0.4 is 14.9 Å². The lowest BCUT2D eigenvalue weighted by Crippen LogP contribution is -2.20. The van der Waals surface area contributed by atoms with E-state index in [1.807, 2.05) is 83.0 Å². The number of aromatic nitrogens is 4. The molecule has 1 amide bonds. The minimum Gasteiger partial charge on any atom is -0.497 e. The Labute approximate surface area is 201 Å². The fraction of sp³-hybridized carbons (Fsp3) is 0.167. The normalized spacial score (nSPS) is 11.0. The van der Waals surface area contributed by atoms with Gasteiger partial charge in [-0.05, 0) is 60.7 Å². The first kappa shape index (κ1) is 23.1. The molecule has 0 fully saturated rings. The molecule has 2 aromatic carbocycles. The minimum absolute atomic E-state index is 0.126. The Bertz CT molecular complexity index is 1280. The molecule has 4 rings (SSSR count). The second-order valence-corrected chi connectivity index (χ2v) is 8.14. The molecule has 2 aromatic heterocycles. The number of carbonyl (C=O) groups excluding carboxylic acids is 1. The van der Waals surface area contributed by atoms with Gasteiger partial charge < -0.3 is 14.0 Å². The van der Waals surface area contributed by atoms with E-state index in [-0.39, 0.29) is 11.7 Å². The van der Waals surface area contributed by atoms with Gasteiger partial charge in [0.1, 0.15) is 11.5 Å². The maximum atomic E-state index is 12.4. The van der Waals surface area contributed by atoms with Crippen molar-refractivity contribution >= 4 is 23.9 Å². The molecule has 0 unspecified atom stereocenters. The molecule has 1 N–H and O–H groups in total. The molecule has 34 heavy (non-hydrogen) atoms. The number of carbonyl (C=O) groups is 1. The van der Waals surface area contributed by atoms with E-state index in [2.05, 4.69) is 20.7 Å². The fourth-order valence-corrected chi connectivity index (χ4v) is 3.94. The first-order chi connectivity index (χ1) is 16.6. The number of amides is 1. The number of aryl methyl sites for hydroxylation is 1. The van der Waals surface area contributed by atoms with Crippen LogP contribution in [0.15, 0.2) is 77.1 Å². The summed E-state index contributed by atoms with van der Waals surface area (Å²) < 4.78 is 14.4. The number of hydrogen-bond donors (Lipinski definition) is 1. The minimum atomic E-state index is -0.245. The number of hydrazone groups is 1. The summed E-state index contributed by atoms with van der Waals surface area (Å²) in [7, 11) is 5.15. The van der Waals surface area contributed by atoms with Gasteiger partial charge in [0.15, 0.2) is 11.0 Å². The summed E-state index contributed by atoms with van der Waals surface area (Å²) in [6.45, 7) is 0. The Morgan fingerprint density at radius 2 is 1.71 bits per heavy atom. The molecule has 0 radical (unpaired) electrons. The third-order valence-corrected chi connectivity index (χ3v) is 5.94. The van der Waals surface area contributed by atoms with E-state index in [1.54, 1.807) is 20.4 Å². The fourth-order valence-electron chi connectivity index (χ4n) is 3.20. The summed E-state index contributed by atoms with van der Waals surface area (Å²) >= 11 is 1.28. The second-order valence-electron chi connectivity index (χ2n) is 7.19. The molecule has 4 aromatic rings. The lowest BCUT2D eigenvalue weighted by atomic mass is 10.2. The van der Waals surface area contributed by atoms with E-state index in [4.69, 9.17) is 9.47 Å². The quantitative estimate of drug-likeness (QED) is 0.226. The van der Waals surface area contributed by atoms with Gasteiger partial charge >= 0.3 is 0 Å². The third kappa shape index (κ3) is 5.29. The Balaban J connectivity index is 1.55. The smallest absolute Gasteiger partial charge is 0.250 e. The van der Waals surface area contributed by atoms with Crippen molar-refractivity contribution in [1.29, 1.82) is 0 Å². The summed E-state index contributed by atoms with van der Waals surface area (Å²) in [4.78, 5) is 12.4. The largest absolute Gasteiger partial charge is 0.497 e. The average molecular weight is 477 g/mol. The summed E-state index contributed by atoms with van der Waals surface area (Å²) in [5.74, 6) is 2.03. The Morgan fingerprint density at radius 3 is 2.32 bits per heavy atom. The predicted molar refractivity (Wildman–Crippen MR) is 132 cm³/mol. The number of ether oxygens (including phenoxy) is 2. The van der Waals surface area contributed by atoms with Crippen molar-refractivity contribution in [3.8, 4) is 28.6 Å². The molecular formula is C24H24N6O3S. The number of hydrogen-bond acceptors (Lipinski definition) is 7. The van der Waals surface area contributed by atoms with Crippen LogP contribution in [-0.4, -0.2) is 51.4 Å². The number of benzene rings is 2. The molecule has 0 spiro atoms. The highest BCUT2D eigenvalue weighted by atomic mass is 32.2. The van der Waals surface area contributed by atoms with Crippen molar-refractivity contribution in [2.45, 2.75) is 5.16 Å². The SMILES string of the molecule is COc1ccc(-c2nnc(SCC(=O)N/N=C/c3cccn3C)n2-c2ccc(OC)cc2)cc1. The zero-order valence-corrected chi connectivity index (χ0v) is 19.8. The molecule has 174 valence electrons. The molecule has 10 heteroatoms. The number of methoxy groups -OCH3 is 2. The van der Waals surface area contributed by atoms with E-state index in [0.717, 1.165) is 28.4 Å². The number of thioether (sulfide) groups is 1. The van der Waals surface area contributed by atoms with Gasteiger partial charge in [-0.25, -0.2) is 5.43 Å². The van der Waals surface area contributed by atoms with Crippen LogP contribution in [0.25, 0.3) is 17.1 Å². The van der Waals surface area contributed by atoms with Gasteiger partial charge in [0.25, 0.3) is 5.91 Å². The summed E-state index contributed by atoms with van der Waals surface area (Å²) in [5, 5.41) is 13.4. The topological polar surface area (TPSA) is 95.6 Å². The molecule has 0 aliphatic heterocycles. The molecule has 0 saturated heterocycles. The highest BCUT2D eigenvalue weighted by molar-refractivity contribution is 7.99. The predicted octanol–water partition coefficient (Wildman–Crippen LogP) is 3.53. The second kappa shape index (κ2) is 10.7. The highest BCUT2D eigenvalue weighted by Crippen LogP contribution is 2.29. The Hall–Kier alpha value is -4.05. The number of rotatable bonds is 9. The van der Waals surface area contributed by atoms with Gasteiger partial charge in [0, 0.05) is 24.5 Å². The van der Waals surface area contributed by atoms with Crippen molar-refractivity contribution in [3.63, 3.8) is 0 Å². The lowest BCUT2D eigenvalue weighted by Gasteiger charge is -2.11. The summed E-state index contributed by atoms with van der Waals surface area (Å²) in [6, 6.07) is 19.0. The van der Waals surface area contributed by atoms with Crippen molar-refractivity contribution in [1.82, 2.24) is 24.8 Å². The molecule has 0 bridgehead atoms. The van der Waals surface area contributed by atoms with Crippen LogP contribution >= 0.6 is 11.8 Å². The van der Waals surface area contributed by atoms with Crippen LogP contribution in [0.2, 0.25) is 0 Å². The van der Waals surface area contributed by atoms with Crippen molar-refractivity contribution in [2.75, 3.05) is 20.0 Å². The van der Waals surface area contributed by atoms with E-state index >= 15 is 0 Å². The van der Waals surface area contributed by atoms with Crippen LogP contribution in [0, 0.1) is 0 Å². The van der Waals surface area contributed by atoms with Gasteiger partial charge in [-0.3, -0.25) is 9.36 Å². The molecule has 0 atom stereocenters. The van der Waals surface area contributed by atoms with Crippen molar-refractivity contribution < 1.29 is 14.3 Å². The lowest BCUT2D eigenvalue weighted by molar-refractivity contribution is -0.118. The van der Waals surface area contributed by atoms with Crippen LogP contribution in [-0.2, 0) is 11.8 Å². The monoisotopic (exact) mass is 476 g/mol. The van der Waals surface area contributed by atoms with Crippen molar-refractivity contribution in [3.05, 3.63) is 72.6 Å². The van der Waals surface area contributed by atoms with E-state index in [9.17, 15) is 4.79 Å². The molecule has 2 heterocycles. The van der Waals surface area contributed by atoms with Gasteiger partial charge in [-0.15, -0.1) is 10.2 Å². The molecule has 0 aliphatic carbocycles. The first-order valence-electron chi connectivity index (χ1n) is 10.4. The number of nitrogens with zero attached hydrogens (tertiary/aromatic N) is 5. The van der Waals surface area contributed by atoms with E-state index < -0.39 is 0 Å². The third-order valence-electron chi connectivity index (χ3n) is 5.01. The van der Waals surface area contributed by atoms with Gasteiger partial charge in [-0.2, -0.15) is 5.10 Å². The van der Waals surface area contributed by atoms with Crippen LogP contribution in [0.3, 0.4) is 0 Å².